The summed E-state index contributed by atoms with van der Waals surface area (Å²) in [5.74, 6) is -8.29. The third kappa shape index (κ3) is 6.44. The first-order valence-electron chi connectivity index (χ1n) is 13.2. The van der Waals surface area contributed by atoms with Crippen LogP contribution in [0.5, 0.6) is 0 Å². The number of pyridine rings is 2. The summed E-state index contributed by atoms with van der Waals surface area (Å²) in [4.78, 5) is 41.0. The number of amides is 1. The van der Waals surface area contributed by atoms with Gasteiger partial charge in [-0.3, -0.25) is 14.2 Å². The van der Waals surface area contributed by atoms with Gasteiger partial charge in [-0.1, -0.05) is 11.6 Å². The number of hydrogen-bond acceptors (Lipinski definition) is 6. The monoisotopic (exact) mass is 686 g/mol. The zero-order valence-corrected chi connectivity index (χ0v) is 23.7. The number of nitrogens with one attached hydrogen (secondary N) is 1. The molecule has 0 bridgehead atoms. The number of carboxylic acid groups (broad SMARTS) is 1. The number of carbonyl (C=O) groups excluding carboxylic acids is 1. The molecule has 9 nitrogen and oxygen atoms in total. The Bertz CT molecular complexity index is 1760. The summed E-state index contributed by atoms with van der Waals surface area (Å²) in [6.07, 6.45) is -8.59. The summed E-state index contributed by atoms with van der Waals surface area (Å²) in [5, 5.41) is 7.99. The molecule has 3 fully saturated rings. The molecule has 248 valence electrons. The van der Waals surface area contributed by atoms with E-state index in [2.05, 4.69) is 4.98 Å². The smallest absolute Gasteiger partial charge is 0.475 e. The van der Waals surface area contributed by atoms with Crippen LogP contribution in [-0.4, -0.2) is 71.2 Å². The number of benzene rings is 1. The number of halogens is 10. The lowest BCUT2D eigenvalue weighted by molar-refractivity contribution is -0.192. The summed E-state index contributed by atoms with van der Waals surface area (Å²) in [6.45, 7) is 1.83. The number of fused-ring (bicyclic) bond motifs is 1. The van der Waals surface area contributed by atoms with Crippen LogP contribution in [0.25, 0.3) is 16.7 Å². The van der Waals surface area contributed by atoms with E-state index in [1.807, 2.05) is 5.32 Å². The standard InChI is InChI=1S/C25H19ClF6N4O3.C2HF3O2/c26-15-3-12(27)4-16(28)18(15)36-6-14(23(38)33-20(11-1-2-11)25(30,31)32)19(37)13-5-17(29)22(34-21(13)36)35-7-24(8-35)9-39-10-24;3-2(4,5)1(6)7/h3-6,11,20H,1-2,7-10H2,(H,33,38);(H,6,7)/t20-;/m0./s1. The SMILES string of the molecule is O=C(N[C@@H](C1CC1)C(F)(F)F)c1cn(-c2c(F)cc(F)cc2Cl)c2nc(N3CC4(COC4)C3)c(F)cc2c1=O.O=C(O)C(F)(F)F. The fourth-order valence-electron chi connectivity index (χ4n) is 5.14. The lowest BCUT2D eigenvalue weighted by Gasteiger charge is -2.55. The summed E-state index contributed by atoms with van der Waals surface area (Å²) >= 11 is 6.12. The van der Waals surface area contributed by atoms with E-state index in [9.17, 15) is 40.3 Å². The highest BCUT2D eigenvalue weighted by molar-refractivity contribution is 6.32. The molecule has 6 rings (SSSR count). The number of hydrogen-bond donors (Lipinski definition) is 2. The van der Waals surface area contributed by atoms with E-state index in [-0.39, 0.29) is 29.7 Å². The number of alkyl halides is 6. The zero-order chi connectivity index (χ0) is 33.9. The van der Waals surface area contributed by atoms with Gasteiger partial charge in [0.15, 0.2) is 23.1 Å². The Morgan fingerprint density at radius 3 is 2.13 bits per heavy atom. The Morgan fingerprint density at radius 1 is 1.04 bits per heavy atom. The predicted molar refractivity (Wildman–Crippen MR) is 141 cm³/mol. The number of carbonyl (C=O) groups is 2. The van der Waals surface area contributed by atoms with Crippen LogP contribution >= 0.6 is 11.6 Å². The third-order valence-corrected chi connectivity index (χ3v) is 7.81. The molecule has 2 N–H and O–H groups in total. The summed E-state index contributed by atoms with van der Waals surface area (Å²) in [7, 11) is 0. The number of ether oxygens (including phenoxy) is 1. The van der Waals surface area contributed by atoms with Gasteiger partial charge in [-0.2, -0.15) is 26.3 Å². The number of aromatic nitrogens is 2. The van der Waals surface area contributed by atoms with Crippen molar-refractivity contribution >= 4 is 40.3 Å². The largest absolute Gasteiger partial charge is 0.490 e. The minimum Gasteiger partial charge on any atom is -0.475 e. The Morgan fingerprint density at radius 2 is 1.65 bits per heavy atom. The van der Waals surface area contributed by atoms with E-state index in [1.54, 1.807) is 4.90 Å². The van der Waals surface area contributed by atoms with Gasteiger partial charge in [-0.25, -0.2) is 22.9 Å². The van der Waals surface area contributed by atoms with Gasteiger partial charge in [-0.05, 0) is 30.9 Å². The Kier molecular flexibility index (Phi) is 8.42. The van der Waals surface area contributed by atoms with E-state index in [4.69, 9.17) is 26.2 Å². The molecule has 19 heteroatoms. The van der Waals surface area contributed by atoms with Crippen molar-refractivity contribution in [3.05, 3.63) is 62.7 Å². The van der Waals surface area contributed by atoms with Gasteiger partial charge in [0.05, 0.1) is 29.0 Å². The van der Waals surface area contributed by atoms with Crippen molar-refractivity contribution in [3.63, 3.8) is 0 Å². The average molecular weight is 687 g/mol. The topological polar surface area (TPSA) is 114 Å². The quantitative estimate of drug-likeness (QED) is 0.364. The molecule has 4 heterocycles. The molecule has 2 saturated heterocycles. The van der Waals surface area contributed by atoms with Crippen molar-refractivity contribution in [1.29, 1.82) is 0 Å². The van der Waals surface area contributed by atoms with Crippen molar-refractivity contribution in [3.8, 4) is 5.69 Å². The second-order valence-electron chi connectivity index (χ2n) is 11.1. The molecule has 1 aliphatic carbocycles. The first-order valence-corrected chi connectivity index (χ1v) is 13.6. The van der Waals surface area contributed by atoms with Gasteiger partial charge in [0.2, 0.25) is 5.43 Å². The third-order valence-electron chi connectivity index (χ3n) is 7.52. The number of rotatable bonds is 5. The molecule has 3 aliphatic rings. The van der Waals surface area contributed by atoms with Crippen molar-refractivity contribution in [2.75, 3.05) is 31.2 Å². The lowest BCUT2D eigenvalue weighted by Crippen LogP contribution is -2.66. The lowest BCUT2D eigenvalue weighted by atomic mass is 9.78. The highest BCUT2D eigenvalue weighted by atomic mass is 35.5. The van der Waals surface area contributed by atoms with Gasteiger partial charge in [0.1, 0.15) is 23.1 Å². The van der Waals surface area contributed by atoms with Gasteiger partial charge < -0.3 is 20.1 Å². The second-order valence-corrected chi connectivity index (χ2v) is 11.5. The fraction of sp³-hybridized carbons (Fsp3) is 0.407. The van der Waals surface area contributed by atoms with E-state index >= 15 is 8.78 Å². The molecular weight excluding hydrogens is 667 g/mol. The summed E-state index contributed by atoms with van der Waals surface area (Å²) in [6, 6.07) is -0.132. The van der Waals surface area contributed by atoms with Gasteiger partial charge in [0, 0.05) is 25.4 Å². The number of aliphatic carboxylic acids is 1. The van der Waals surface area contributed by atoms with Gasteiger partial charge in [-0.15, -0.1) is 0 Å². The van der Waals surface area contributed by atoms with Gasteiger partial charge in [0.25, 0.3) is 5.91 Å². The molecule has 46 heavy (non-hydrogen) atoms. The van der Waals surface area contributed by atoms with E-state index in [0.29, 0.717) is 32.4 Å². The first kappa shape index (κ1) is 33.3. The van der Waals surface area contributed by atoms with Crippen LogP contribution < -0.4 is 15.6 Å². The van der Waals surface area contributed by atoms with Crippen molar-refractivity contribution in [2.24, 2.45) is 11.3 Å². The van der Waals surface area contributed by atoms with Crippen molar-refractivity contribution < 1.29 is 58.9 Å². The van der Waals surface area contributed by atoms with Crippen LogP contribution in [0.3, 0.4) is 0 Å². The molecule has 2 aliphatic heterocycles. The predicted octanol–water partition coefficient (Wildman–Crippen LogP) is 5.00. The van der Waals surface area contributed by atoms with Crippen LogP contribution in [0.15, 0.2) is 29.2 Å². The normalized spacial score (nSPS) is 17.9. The Hall–Kier alpha value is -4.06. The Balaban J connectivity index is 0.000000537. The summed E-state index contributed by atoms with van der Waals surface area (Å²) < 4.78 is 122. The van der Waals surface area contributed by atoms with Gasteiger partial charge >= 0.3 is 18.3 Å². The van der Waals surface area contributed by atoms with Crippen LogP contribution in [0.2, 0.25) is 5.02 Å². The molecule has 0 radical (unpaired) electrons. The van der Waals surface area contributed by atoms with E-state index in [1.165, 1.54) is 0 Å². The molecule has 1 amide bonds. The highest BCUT2D eigenvalue weighted by Gasteiger charge is 2.51. The molecule has 1 saturated carbocycles. The van der Waals surface area contributed by atoms with E-state index < -0.39 is 80.7 Å². The van der Waals surface area contributed by atoms with Crippen LogP contribution in [0, 0.1) is 28.8 Å². The molecular formula is C27H20ClF9N4O5. The highest BCUT2D eigenvalue weighted by Crippen LogP contribution is 2.42. The molecule has 1 spiro atoms. The molecule has 0 unspecified atom stereocenters. The first-order chi connectivity index (χ1) is 21.3. The van der Waals surface area contributed by atoms with Crippen molar-refractivity contribution in [1.82, 2.24) is 14.9 Å². The maximum absolute atomic E-state index is 15.2. The second kappa shape index (κ2) is 11.6. The minimum absolute atomic E-state index is 0.131. The maximum Gasteiger partial charge on any atom is 0.490 e. The number of nitrogens with zero attached hydrogens (tertiary/aromatic N) is 3. The number of carboxylic acids is 1. The molecule has 1 atom stereocenters. The number of anilines is 1. The molecule has 2 aromatic heterocycles. The Labute approximate surface area is 256 Å². The molecule has 3 aromatic rings. The maximum atomic E-state index is 15.2. The van der Waals surface area contributed by atoms with Crippen LogP contribution in [0.1, 0.15) is 23.2 Å². The fourth-order valence-corrected chi connectivity index (χ4v) is 5.42. The van der Waals surface area contributed by atoms with E-state index in [0.717, 1.165) is 22.9 Å². The molecule has 1 aromatic carbocycles. The minimum atomic E-state index is -5.08. The average Bonchev–Trinajstić information content (AvgIpc) is 3.71. The van der Waals surface area contributed by atoms with Crippen LogP contribution in [-0.2, 0) is 9.53 Å². The van der Waals surface area contributed by atoms with Crippen molar-refractivity contribution in [2.45, 2.75) is 31.2 Å². The zero-order valence-electron chi connectivity index (χ0n) is 22.9. The summed E-state index contributed by atoms with van der Waals surface area (Å²) in [5.41, 5.74) is -2.90. The van der Waals surface area contributed by atoms with Crippen LogP contribution in [0.4, 0.5) is 45.3 Å².